The van der Waals surface area contributed by atoms with Crippen LogP contribution in [0.15, 0.2) is 55.0 Å². The van der Waals surface area contributed by atoms with Crippen molar-refractivity contribution in [1.29, 1.82) is 0 Å². The largest absolute Gasteiger partial charge is 0.351 e. The monoisotopic (exact) mass is 493 g/mol. The van der Waals surface area contributed by atoms with Crippen LogP contribution in [0.25, 0.3) is 21.3 Å². The molecule has 9 heteroatoms. The van der Waals surface area contributed by atoms with Gasteiger partial charge in [-0.15, -0.1) is 11.3 Å². The molecule has 1 fully saturated rings. The van der Waals surface area contributed by atoms with Gasteiger partial charge in [-0.3, -0.25) is 14.6 Å². The fourth-order valence-electron chi connectivity index (χ4n) is 4.44. The number of H-pyrrole nitrogens is 1. The van der Waals surface area contributed by atoms with E-state index in [1.165, 1.54) is 11.3 Å². The van der Waals surface area contributed by atoms with Crippen molar-refractivity contribution < 1.29 is 9.59 Å². The molecule has 3 N–H and O–H groups in total. The number of benzene rings is 1. The van der Waals surface area contributed by atoms with Gasteiger partial charge in [-0.2, -0.15) is 0 Å². The Morgan fingerprint density at radius 3 is 2.76 bits per heavy atom. The Bertz CT molecular complexity index is 1320. The maximum Gasteiger partial charge on any atom is 0.280 e. The highest BCUT2D eigenvalue weighted by Crippen LogP contribution is 2.27. The minimum absolute atomic E-state index is 0.000208. The normalized spacial score (nSPS) is 18.0. The molecule has 0 bridgehead atoms. The fourth-order valence-corrected chi connectivity index (χ4v) is 5.46. The van der Waals surface area contributed by atoms with Crippen molar-refractivity contribution >= 4 is 45.7 Å². The van der Waals surface area contributed by atoms with Gasteiger partial charge in [0.25, 0.3) is 11.8 Å². The summed E-state index contributed by atoms with van der Waals surface area (Å²) in [6.07, 6.45) is 9.14. The molecule has 1 saturated carbocycles. The minimum Gasteiger partial charge on any atom is -0.351 e. The number of hydrogen-bond donors (Lipinski definition) is 3. The molecule has 7 nitrogen and oxygen atoms in total. The first-order chi connectivity index (χ1) is 16.6. The van der Waals surface area contributed by atoms with Crippen molar-refractivity contribution in [3.63, 3.8) is 0 Å². The number of nitrogens with one attached hydrogen (secondary N) is 3. The lowest BCUT2D eigenvalue weighted by molar-refractivity contribution is 0.0891. The van der Waals surface area contributed by atoms with Gasteiger partial charge in [0.2, 0.25) is 0 Å². The van der Waals surface area contributed by atoms with Gasteiger partial charge in [-0.05, 0) is 60.7 Å². The quantitative estimate of drug-likeness (QED) is 0.349. The van der Waals surface area contributed by atoms with E-state index < -0.39 is 0 Å². The van der Waals surface area contributed by atoms with Crippen molar-refractivity contribution in [2.75, 3.05) is 6.54 Å². The van der Waals surface area contributed by atoms with E-state index in [0.29, 0.717) is 22.3 Å². The molecule has 5 rings (SSSR count). The third-order valence-electron chi connectivity index (χ3n) is 6.24. The molecule has 0 spiro atoms. The van der Waals surface area contributed by atoms with Gasteiger partial charge in [0, 0.05) is 47.1 Å². The van der Waals surface area contributed by atoms with Crippen LogP contribution >= 0.6 is 22.9 Å². The van der Waals surface area contributed by atoms with Crippen LogP contribution in [0, 0.1) is 5.92 Å². The molecule has 0 radical (unpaired) electrons. The number of carbonyl (C=O) groups is 2. The molecule has 1 aliphatic rings. The molecule has 3 aromatic heterocycles. The Hall–Kier alpha value is -3.23. The van der Waals surface area contributed by atoms with Gasteiger partial charge in [-0.1, -0.05) is 24.4 Å². The van der Waals surface area contributed by atoms with E-state index >= 15 is 0 Å². The molecule has 1 aliphatic carbocycles. The van der Waals surface area contributed by atoms with Gasteiger partial charge >= 0.3 is 0 Å². The van der Waals surface area contributed by atoms with Crippen LogP contribution in [0.1, 0.15) is 46.0 Å². The molecule has 3 heterocycles. The van der Waals surface area contributed by atoms with E-state index in [1.54, 1.807) is 24.7 Å². The van der Waals surface area contributed by atoms with E-state index in [1.807, 2.05) is 30.3 Å². The lowest BCUT2D eigenvalue weighted by Crippen LogP contribution is -2.46. The Morgan fingerprint density at radius 1 is 1.09 bits per heavy atom. The number of amides is 2. The predicted octanol–water partition coefficient (Wildman–Crippen LogP) is 5.06. The maximum absolute atomic E-state index is 12.9. The average molecular weight is 494 g/mol. The second-order valence-corrected chi connectivity index (χ2v) is 9.98. The Morgan fingerprint density at radius 2 is 1.91 bits per heavy atom. The lowest BCUT2D eigenvalue weighted by atomic mass is 9.84. The summed E-state index contributed by atoms with van der Waals surface area (Å²) >= 11 is 7.42. The summed E-state index contributed by atoms with van der Waals surface area (Å²) in [6, 6.07) is 11.1. The third-order valence-corrected chi connectivity index (χ3v) is 7.52. The number of aromatic amines is 1. The summed E-state index contributed by atoms with van der Waals surface area (Å²) in [5.74, 6) is -0.161. The van der Waals surface area contributed by atoms with Gasteiger partial charge in [0.1, 0.15) is 5.69 Å². The molecule has 4 aromatic rings. The first kappa shape index (κ1) is 22.6. The van der Waals surface area contributed by atoms with E-state index in [4.69, 9.17) is 11.6 Å². The zero-order valence-corrected chi connectivity index (χ0v) is 20.0. The van der Waals surface area contributed by atoms with Crippen LogP contribution in [0.3, 0.4) is 0 Å². The number of pyridine rings is 1. The van der Waals surface area contributed by atoms with Crippen LogP contribution in [0.5, 0.6) is 0 Å². The second-order valence-electron chi connectivity index (χ2n) is 8.51. The summed E-state index contributed by atoms with van der Waals surface area (Å²) < 4.78 is 0. The van der Waals surface area contributed by atoms with E-state index in [9.17, 15) is 9.59 Å². The Balaban J connectivity index is 1.21. The SMILES string of the molecule is O=C(N[C@H]1CCCC[C@@H]1CNC(=O)c1ncc(-c2ccncc2)s1)c1cc2cc(Cl)ccc2[nH]1. The number of hydrogen-bond acceptors (Lipinski definition) is 5. The summed E-state index contributed by atoms with van der Waals surface area (Å²) in [4.78, 5) is 38.1. The lowest BCUT2D eigenvalue weighted by Gasteiger charge is -2.32. The zero-order valence-electron chi connectivity index (χ0n) is 18.4. The van der Waals surface area contributed by atoms with Gasteiger partial charge < -0.3 is 15.6 Å². The maximum atomic E-state index is 12.9. The van der Waals surface area contributed by atoms with Crippen LogP contribution < -0.4 is 10.6 Å². The summed E-state index contributed by atoms with van der Waals surface area (Å²) in [7, 11) is 0. The van der Waals surface area contributed by atoms with E-state index in [2.05, 4.69) is 25.6 Å². The summed E-state index contributed by atoms with van der Waals surface area (Å²) in [6.45, 7) is 0.496. The number of carbonyl (C=O) groups excluding carboxylic acids is 2. The third kappa shape index (κ3) is 4.98. The standard InChI is InChI=1S/C25H24ClN5O2S/c26-18-5-6-20-17(11-18)12-21(30-20)23(32)31-19-4-2-1-3-16(19)13-28-24(33)25-29-14-22(34-25)15-7-9-27-10-8-15/h5-12,14,16,19,30H,1-4,13H2,(H,28,33)(H,31,32)/t16-,19+/m1/s1. The molecule has 174 valence electrons. The highest BCUT2D eigenvalue weighted by atomic mass is 35.5. The number of rotatable bonds is 6. The van der Waals surface area contributed by atoms with Crippen LogP contribution in [-0.2, 0) is 0 Å². The van der Waals surface area contributed by atoms with Crippen molar-refractivity contribution in [2.45, 2.75) is 31.7 Å². The molecule has 0 aliphatic heterocycles. The minimum atomic E-state index is -0.187. The molecule has 0 unspecified atom stereocenters. The number of fused-ring (bicyclic) bond motifs is 1. The smallest absolute Gasteiger partial charge is 0.280 e. The van der Waals surface area contributed by atoms with Crippen molar-refractivity contribution in [3.05, 3.63) is 70.7 Å². The number of thiazole rings is 1. The van der Waals surface area contributed by atoms with E-state index in [-0.39, 0.29) is 23.8 Å². The second kappa shape index (κ2) is 9.95. The summed E-state index contributed by atoms with van der Waals surface area (Å²) in [5.41, 5.74) is 2.37. The topological polar surface area (TPSA) is 99.8 Å². The van der Waals surface area contributed by atoms with Crippen molar-refractivity contribution in [3.8, 4) is 10.4 Å². The Labute approximate surface area is 206 Å². The van der Waals surface area contributed by atoms with Crippen LogP contribution in [-0.4, -0.2) is 39.4 Å². The van der Waals surface area contributed by atoms with E-state index in [0.717, 1.165) is 47.0 Å². The number of aromatic nitrogens is 3. The molecular formula is C25H24ClN5O2S. The first-order valence-electron chi connectivity index (χ1n) is 11.3. The molecule has 2 amide bonds. The zero-order chi connectivity index (χ0) is 23.5. The highest BCUT2D eigenvalue weighted by Gasteiger charge is 2.28. The highest BCUT2D eigenvalue weighted by molar-refractivity contribution is 7.16. The Kier molecular flexibility index (Phi) is 6.60. The van der Waals surface area contributed by atoms with Gasteiger partial charge in [0.15, 0.2) is 5.01 Å². The van der Waals surface area contributed by atoms with Crippen LogP contribution in [0.4, 0.5) is 0 Å². The number of halogens is 1. The molecule has 0 saturated heterocycles. The molecule has 1 aromatic carbocycles. The first-order valence-corrected chi connectivity index (χ1v) is 12.5. The van der Waals surface area contributed by atoms with Crippen molar-refractivity contribution in [2.24, 2.45) is 5.92 Å². The van der Waals surface area contributed by atoms with Gasteiger partial charge in [-0.25, -0.2) is 4.98 Å². The molecule has 34 heavy (non-hydrogen) atoms. The molecular weight excluding hydrogens is 470 g/mol. The van der Waals surface area contributed by atoms with Gasteiger partial charge in [0.05, 0.1) is 4.88 Å². The van der Waals surface area contributed by atoms with Crippen molar-refractivity contribution in [1.82, 2.24) is 25.6 Å². The predicted molar refractivity (Wildman–Crippen MR) is 134 cm³/mol. The molecule has 2 atom stereocenters. The fraction of sp³-hybridized carbons (Fsp3) is 0.280. The summed E-state index contributed by atoms with van der Waals surface area (Å²) in [5, 5.41) is 8.17. The number of nitrogens with zero attached hydrogens (tertiary/aromatic N) is 2. The average Bonchev–Trinajstić information content (AvgIpc) is 3.51. The van der Waals surface area contributed by atoms with Crippen LogP contribution in [0.2, 0.25) is 5.02 Å².